The maximum atomic E-state index is 13.1. The monoisotopic (exact) mass is 419 g/mol. The van der Waals surface area contributed by atoms with Crippen LogP contribution >= 0.6 is 0 Å². The quantitative estimate of drug-likeness (QED) is 0.542. The van der Waals surface area contributed by atoms with Gasteiger partial charge in [0.2, 0.25) is 0 Å². The van der Waals surface area contributed by atoms with Gasteiger partial charge in [-0.1, -0.05) is 37.3 Å². The molecular formula is C26H30FN3O. The fraction of sp³-hybridized carbons (Fsp3) is 0.423. The van der Waals surface area contributed by atoms with Crippen LogP contribution in [0.1, 0.15) is 36.8 Å². The van der Waals surface area contributed by atoms with Gasteiger partial charge in [-0.05, 0) is 66.0 Å². The van der Waals surface area contributed by atoms with Gasteiger partial charge in [0.05, 0.1) is 18.8 Å². The molecule has 1 aliphatic carbocycles. The van der Waals surface area contributed by atoms with Crippen LogP contribution in [0.4, 0.5) is 4.39 Å². The minimum absolute atomic E-state index is 0.217. The van der Waals surface area contributed by atoms with E-state index in [0.717, 1.165) is 44.8 Å². The molecule has 3 aromatic rings. The lowest BCUT2D eigenvalue weighted by Crippen LogP contribution is -2.28. The van der Waals surface area contributed by atoms with E-state index in [9.17, 15) is 4.39 Å². The van der Waals surface area contributed by atoms with Gasteiger partial charge < -0.3 is 9.64 Å². The Bertz CT molecular complexity index is 973. The maximum absolute atomic E-state index is 13.1. The summed E-state index contributed by atoms with van der Waals surface area (Å²) in [5, 5.41) is 4.58. The molecule has 0 amide bonds. The fourth-order valence-corrected chi connectivity index (χ4v) is 5.28. The smallest absolute Gasteiger partial charge is 0.123 e. The number of aromatic nitrogens is 2. The summed E-state index contributed by atoms with van der Waals surface area (Å²) in [5.41, 5.74) is 2.58. The second kappa shape index (κ2) is 8.83. The lowest BCUT2D eigenvalue weighted by atomic mass is 10.0. The molecule has 4 nitrogen and oxygen atoms in total. The van der Waals surface area contributed by atoms with Crippen molar-refractivity contribution < 1.29 is 9.13 Å². The third kappa shape index (κ3) is 4.82. The van der Waals surface area contributed by atoms with E-state index in [-0.39, 0.29) is 11.9 Å². The summed E-state index contributed by atoms with van der Waals surface area (Å²) in [6, 6.07) is 16.9. The Labute approximate surface area is 183 Å². The Hall–Kier alpha value is -2.66. The summed E-state index contributed by atoms with van der Waals surface area (Å²) in [5.74, 6) is 2.45. The molecule has 0 bridgehead atoms. The van der Waals surface area contributed by atoms with Crippen LogP contribution in [0.25, 0.3) is 0 Å². The molecule has 2 aliphatic rings. The summed E-state index contributed by atoms with van der Waals surface area (Å²) in [7, 11) is 0. The average molecular weight is 420 g/mol. The zero-order valence-corrected chi connectivity index (χ0v) is 18.0. The van der Waals surface area contributed by atoms with Gasteiger partial charge in [0.25, 0.3) is 0 Å². The first-order valence-electron chi connectivity index (χ1n) is 11.3. The van der Waals surface area contributed by atoms with Crippen molar-refractivity contribution in [2.45, 2.75) is 38.3 Å². The van der Waals surface area contributed by atoms with Gasteiger partial charge in [0.1, 0.15) is 11.6 Å². The van der Waals surface area contributed by atoms with E-state index >= 15 is 0 Å². The molecule has 1 saturated heterocycles. The van der Waals surface area contributed by atoms with Gasteiger partial charge in [-0.2, -0.15) is 5.10 Å². The highest BCUT2D eigenvalue weighted by atomic mass is 19.1. The highest BCUT2D eigenvalue weighted by molar-refractivity contribution is 5.23. The van der Waals surface area contributed by atoms with Crippen LogP contribution in [0, 0.1) is 17.7 Å². The van der Waals surface area contributed by atoms with E-state index in [1.165, 1.54) is 23.3 Å². The first kappa shape index (κ1) is 20.3. The van der Waals surface area contributed by atoms with Crippen LogP contribution in [0.3, 0.4) is 0 Å². The zero-order valence-electron chi connectivity index (χ0n) is 18.0. The van der Waals surface area contributed by atoms with Crippen molar-refractivity contribution in [2.24, 2.45) is 11.8 Å². The molecule has 31 heavy (non-hydrogen) atoms. The third-order valence-electron chi connectivity index (χ3n) is 6.84. The van der Waals surface area contributed by atoms with Gasteiger partial charge in [0, 0.05) is 25.8 Å². The number of likely N-dealkylation sites (tertiary alicyclic amines) is 1. The van der Waals surface area contributed by atoms with Crippen molar-refractivity contribution >= 4 is 0 Å². The van der Waals surface area contributed by atoms with Crippen molar-refractivity contribution in [3.05, 3.63) is 83.9 Å². The molecule has 1 saturated carbocycles. The van der Waals surface area contributed by atoms with Crippen molar-refractivity contribution in [2.75, 3.05) is 19.6 Å². The van der Waals surface area contributed by atoms with Gasteiger partial charge in [-0.15, -0.1) is 0 Å². The highest BCUT2D eigenvalue weighted by Gasteiger charge is 2.42. The lowest BCUT2D eigenvalue weighted by Gasteiger charge is -2.22. The Kier molecular flexibility index (Phi) is 5.77. The van der Waals surface area contributed by atoms with Crippen molar-refractivity contribution in [3.63, 3.8) is 0 Å². The molecule has 0 radical (unpaired) electrons. The minimum atomic E-state index is -0.217. The van der Waals surface area contributed by atoms with E-state index in [2.05, 4.69) is 47.4 Å². The molecule has 1 aromatic heterocycles. The molecule has 0 spiro atoms. The van der Waals surface area contributed by atoms with Gasteiger partial charge in [0.15, 0.2) is 0 Å². The van der Waals surface area contributed by atoms with Gasteiger partial charge in [-0.3, -0.25) is 4.68 Å². The van der Waals surface area contributed by atoms with Crippen LogP contribution in [0.5, 0.6) is 5.75 Å². The number of benzene rings is 2. The summed E-state index contributed by atoms with van der Waals surface area (Å²) in [6.45, 7) is 6.50. The summed E-state index contributed by atoms with van der Waals surface area (Å²) >= 11 is 0. The molecule has 2 aromatic carbocycles. The van der Waals surface area contributed by atoms with E-state index in [4.69, 9.17) is 4.74 Å². The van der Waals surface area contributed by atoms with Crippen LogP contribution in [-0.4, -0.2) is 40.4 Å². The largest absolute Gasteiger partial charge is 0.490 e. The summed E-state index contributed by atoms with van der Waals surface area (Å²) in [4.78, 5) is 2.61. The predicted molar refractivity (Wildman–Crippen MR) is 120 cm³/mol. The van der Waals surface area contributed by atoms with E-state index in [1.54, 1.807) is 12.1 Å². The molecule has 5 heteroatoms. The molecule has 0 N–H and O–H groups in total. The predicted octanol–water partition coefficient (Wildman–Crippen LogP) is 4.96. The Morgan fingerprint density at radius 2 is 1.74 bits per heavy atom. The first-order chi connectivity index (χ1) is 15.1. The lowest BCUT2D eigenvalue weighted by molar-refractivity contribution is 0.184. The van der Waals surface area contributed by atoms with Crippen molar-refractivity contribution in [1.82, 2.24) is 14.7 Å². The molecule has 2 fully saturated rings. The molecule has 162 valence electrons. The fourth-order valence-electron chi connectivity index (χ4n) is 5.28. The third-order valence-corrected chi connectivity index (χ3v) is 6.84. The first-order valence-corrected chi connectivity index (χ1v) is 11.3. The molecular weight excluding hydrogens is 389 g/mol. The number of ether oxygens (including phenoxy) is 1. The standard InChI is InChI=1S/C26H30FN3O/c1-19(23-13-28-30(18-23)15-20-5-3-2-4-6-20)14-29-16-21-11-26(12-22(21)17-29)31-25-9-7-24(27)8-10-25/h2-10,13,18-19,21-22,26H,11-12,14-17H2,1H3/t19?,21-,22+,26?. The minimum Gasteiger partial charge on any atom is -0.490 e. The second-order valence-corrected chi connectivity index (χ2v) is 9.26. The molecule has 5 rings (SSSR count). The SMILES string of the molecule is CC(CN1C[C@H]2CC(Oc3ccc(F)cc3)C[C@H]2C1)c1cnn(Cc2ccccc2)c1. The summed E-state index contributed by atoms with van der Waals surface area (Å²) in [6.07, 6.45) is 6.68. The Morgan fingerprint density at radius 1 is 1.03 bits per heavy atom. The van der Waals surface area contributed by atoms with E-state index in [0.29, 0.717) is 17.8 Å². The molecule has 1 aliphatic heterocycles. The summed E-state index contributed by atoms with van der Waals surface area (Å²) < 4.78 is 21.2. The zero-order chi connectivity index (χ0) is 21.2. The average Bonchev–Trinajstić information content (AvgIpc) is 3.46. The highest BCUT2D eigenvalue weighted by Crippen LogP contribution is 2.40. The van der Waals surface area contributed by atoms with Crippen LogP contribution in [-0.2, 0) is 6.54 Å². The van der Waals surface area contributed by atoms with Gasteiger partial charge >= 0.3 is 0 Å². The van der Waals surface area contributed by atoms with Crippen molar-refractivity contribution in [3.8, 4) is 5.75 Å². The van der Waals surface area contributed by atoms with Gasteiger partial charge in [-0.25, -0.2) is 4.39 Å². The number of hydrogen-bond donors (Lipinski definition) is 0. The number of nitrogens with zero attached hydrogens (tertiary/aromatic N) is 3. The Morgan fingerprint density at radius 3 is 2.45 bits per heavy atom. The van der Waals surface area contributed by atoms with E-state index in [1.807, 2.05) is 16.9 Å². The number of halogens is 1. The molecule has 2 heterocycles. The van der Waals surface area contributed by atoms with Crippen LogP contribution in [0.15, 0.2) is 67.0 Å². The normalized spacial score (nSPS) is 24.3. The Balaban J connectivity index is 1.11. The molecule has 4 atom stereocenters. The number of hydrogen-bond acceptors (Lipinski definition) is 3. The van der Waals surface area contributed by atoms with Crippen molar-refractivity contribution in [1.29, 1.82) is 0 Å². The van der Waals surface area contributed by atoms with Crippen LogP contribution in [0.2, 0.25) is 0 Å². The second-order valence-electron chi connectivity index (χ2n) is 9.26. The topological polar surface area (TPSA) is 30.3 Å². The van der Waals surface area contributed by atoms with Crippen LogP contribution < -0.4 is 4.74 Å². The van der Waals surface area contributed by atoms with E-state index < -0.39 is 0 Å². The molecule has 2 unspecified atom stereocenters. The number of rotatable bonds is 7. The maximum Gasteiger partial charge on any atom is 0.123 e. The number of fused-ring (bicyclic) bond motifs is 1.